The van der Waals surface area contributed by atoms with Crippen molar-refractivity contribution in [2.24, 2.45) is 10.2 Å². The fourth-order valence-corrected chi connectivity index (χ4v) is 4.46. The molecule has 0 atom stereocenters. The Morgan fingerprint density at radius 3 is 2.48 bits per heavy atom. The van der Waals surface area contributed by atoms with Crippen LogP contribution in [-0.2, 0) is 6.54 Å². The first-order valence-corrected chi connectivity index (χ1v) is 11.5. The van der Waals surface area contributed by atoms with E-state index < -0.39 is 0 Å². The largest absolute Gasteiger partial charge is 0.493 e. The molecule has 0 aliphatic heterocycles. The molecule has 0 aliphatic carbocycles. The van der Waals surface area contributed by atoms with Crippen LogP contribution in [0.5, 0.6) is 5.88 Å². The van der Waals surface area contributed by atoms with E-state index in [0.29, 0.717) is 16.5 Å². The molecular formula is C25H22BrFN4OS. The molecule has 0 spiro atoms. The molecule has 1 aromatic heterocycles. The van der Waals surface area contributed by atoms with Crippen LogP contribution < -0.4 is 5.32 Å². The average molecular weight is 525 g/mol. The Balaban J connectivity index is 1.70. The number of rotatable bonds is 4. The Labute approximate surface area is 205 Å². The van der Waals surface area contributed by atoms with E-state index in [1.807, 2.05) is 39.0 Å². The topological polar surface area (TPSA) is 61.9 Å². The standard InChI is InChI=1S/C25H22BrFN4OS/c1-14-10-15(2)22(16(3)11-14)28-25(33)30-29-23-19-12-18(26)8-9-21(19)31(24(23)32)13-17-6-4-5-7-20(17)27/h4-12,32H,13H2,1-3H3,(H,28,33). The molecule has 0 saturated carbocycles. The minimum Gasteiger partial charge on any atom is -0.493 e. The van der Waals surface area contributed by atoms with E-state index in [0.717, 1.165) is 21.3 Å². The van der Waals surface area contributed by atoms with Gasteiger partial charge in [-0.3, -0.25) is 0 Å². The van der Waals surface area contributed by atoms with E-state index in [4.69, 9.17) is 12.2 Å². The second-order valence-electron chi connectivity index (χ2n) is 7.92. The molecule has 8 heteroatoms. The Morgan fingerprint density at radius 2 is 1.79 bits per heavy atom. The Kier molecular flexibility index (Phi) is 6.58. The summed E-state index contributed by atoms with van der Waals surface area (Å²) in [5.41, 5.74) is 5.59. The third-order valence-corrected chi connectivity index (χ3v) is 6.09. The smallest absolute Gasteiger partial charge is 0.221 e. The maximum absolute atomic E-state index is 14.3. The van der Waals surface area contributed by atoms with Crippen LogP contribution in [0.1, 0.15) is 22.3 Å². The van der Waals surface area contributed by atoms with Crippen LogP contribution in [0, 0.1) is 26.6 Å². The fraction of sp³-hybridized carbons (Fsp3) is 0.160. The molecule has 2 N–H and O–H groups in total. The number of anilines is 1. The van der Waals surface area contributed by atoms with Gasteiger partial charge in [0.05, 0.1) is 12.1 Å². The van der Waals surface area contributed by atoms with Gasteiger partial charge in [0.2, 0.25) is 11.0 Å². The minimum atomic E-state index is -0.340. The van der Waals surface area contributed by atoms with Gasteiger partial charge in [0, 0.05) is 21.1 Å². The highest BCUT2D eigenvalue weighted by Crippen LogP contribution is 2.40. The van der Waals surface area contributed by atoms with Crippen LogP contribution >= 0.6 is 28.1 Å². The van der Waals surface area contributed by atoms with E-state index in [2.05, 4.69) is 43.6 Å². The van der Waals surface area contributed by atoms with Crippen molar-refractivity contribution >= 4 is 55.5 Å². The SMILES string of the molecule is Cc1cc(C)c(NC(=S)N=Nc2c(O)n(Cc3ccccc3F)c3ccc(Br)cc23)c(C)c1. The molecular weight excluding hydrogens is 503 g/mol. The minimum absolute atomic E-state index is 0.111. The van der Waals surface area contributed by atoms with Crippen molar-refractivity contribution in [3.63, 3.8) is 0 Å². The number of hydrogen-bond acceptors (Lipinski definition) is 3. The fourth-order valence-electron chi connectivity index (χ4n) is 3.96. The number of aromatic hydroxyl groups is 1. The van der Waals surface area contributed by atoms with Gasteiger partial charge in [-0.15, -0.1) is 10.2 Å². The van der Waals surface area contributed by atoms with Crippen LogP contribution in [0.15, 0.2) is 69.3 Å². The molecule has 4 rings (SSSR count). The molecule has 4 aromatic rings. The summed E-state index contributed by atoms with van der Waals surface area (Å²) < 4.78 is 16.7. The van der Waals surface area contributed by atoms with Gasteiger partial charge in [0.25, 0.3) is 0 Å². The van der Waals surface area contributed by atoms with Crippen molar-refractivity contribution in [2.45, 2.75) is 27.3 Å². The first-order valence-electron chi connectivity index (χ1n) is 10.3. The number of aromatic nitrogens is 1. The van der Waals surface area contributed by atoms with Crippen LogP contribution in [0.3, 0.4) is 0 Å². The predicted molar refractivity (Wildman–Crippen MR) is 138 cm³/mol. The Morgan fingerprint density at radius 1 is 1.09 bits per heavy atom. The number of nitrogens with one attached hydrogen (secondary N) is 1. The number of nitrogens with zero attached hydrogens (tertiary/aromatic N) is 3. The van der Waals surface area contributed by atoms with Gasteiger partial charge in [0.15, 0.2) is 5.69 Å². The molecule has 3 aromatic carbocycles. The maximum Gasteiger partial charge on any atom is 0.221 e. The zero-order valence-corrected chi connectivity index (χ0v) is 20.8. The summed E-state index contributed by atoms with van der Waals surface area (Å²) in [6, 6.07) is 16.1. The van der Waals surface area contributed by atoms with Crippen LogP contribution in [-0.4, -0.2) is 14.8 Å². The van der Waals surface area contributed by atoms with Gasteiger partial charge < -0.3 is 15.0 Å². The van der Waals surface area contributed by atoms with Gasteiger partial charge in [-0.05, 0) is 68.4 Å². The molecule has 168 valence electrons. The van der Waals surface area contributed by atoms with Crippen molar-refractivity contribution in [1.29, 1.82) is 0 Å². The highest BCUT2D eigenvalue weighted by Gasteiger charge is 2.18. The van der Waals surface area contributed by atoms with Gasteiger partial charge in [-0.2, -0.15) is 0 Å². The first kappa shape index (κ1) is 23.1. The summed E-state index contributed by atoms with van der Waals surface area (Å²) in [6.07, 6.45) is 0. The summed E-state index contributed by atoms with van der Waals surface area (Å²) in [6.45, 7) is 6.19. The van der Waals surface area contributed by atoms with E-state index in [1.165, 1.54) is 11.6 Å². The summed E-state index contributed by atoms with van der Waals surface area (Å²) in [5, 5.41) is 23.4. The molecule has 0 saturated heterocycles. The summed E-state index contributed by atoms with van der Waals surface area (Å²) >= 11 is 8.85. The predicted octanol–water partition coefficient (Wildman–Crippen LogP) is 7.70. The summed E-state index contributed by atoms with van der Waals surface area (Å²) in [4.78, 5) is 0. The zero-order valence-electron chi connectivity index (χ0n) is 18.4. The lowest BCUT2D eigenvalue weighted by Gasteiger charge is -2.12. The molecule has 1 heterocycles. The van der Waals surface area contributed by atoms with Crippen molar-refractivity contribution in [2.75, 3.05) is 5.32 Å². The molecule has 0 aliphatic rings. The van der Waals surface area contributed by atoms with E-state index in [9.17, 15) is 9.50 Å². The lowest BCUT2D eigenvalue weighted by atomic mass is 10.1. The lowest BCUT2D eigenvalue weighted by Crippen LogP contribution is -2.08. The second kappa shape index (κ2) is 9.41. The van der Waals surface area contributed by atoms with Crippen molar-refractivity contribution < 1.29 is 9.50 Å². The molecule has 0 radical (unpaired) electrons. The van der Waals surface area contributed by atoms with Gasteiger partial charge in [-0.1, -0.05) is 51.8 Å². The van der Waals surface area contributed by atoms with Crippen molar-refractivity contribution in [1.82, 2.24) is 4.57 Å². The highest BCUT2D eigenvalue weighted by molar-refractivity contribution is 9.10. The van der Waals surface area contributed by atoms with Gasteiger partial charge >= 0.3 is 0 Å². The van der Waals surface area contributed by atoms with E-state index >= 15 is 0 Å². The number of thiocarbonyl (C=S) groups is 1. The molecule has 0 amide bonds. The number of halogens is 2. The normalized spacial score (nSPS) is 11.4. The average Bonchev–Trinajstić information content (AvgIpc) is 3.01. The highest BCUT2D eigenvalue weighted by atomic mass is 79.9. The molecule has 33 heavy (non-hydrogen) atoms. The third kappa shape index (κ3) is 4.82. The number of fused-ring (bicyclic) bond motifs is 1. The monoisotopic (exact) mass is 524 g/mol. The summed E-state index contributed by atoms with van der Waals surface area (Å²) in [5.74, 6) is -0.450. The van der Waals surface area contributed by atoms with Crippen LogP contribution in [0.2, 0.25) is 0 Å². The lowest BCUT2D eigenvalue weighted by molar-refractivity contribution is 0.428. The molecule has 0 fully saturated rings. The molecule has 5 nitrogen and oxygen atoms in total. The maximum atomic E-state index is 14.3. The Bertz CT molecular complexity index is 1390. The van der Waals surface area contributed by atoms with E-state index in [-0.39, 0.29) is 29.0 Å². The van der Waals surface area contributed by atoms with Crippen molar-refractivity contribution in [3.05, 3.63) is 87.1 Å². The zero-order chi connectivity index (χ0) is 23.7. The van der Waals surface area contributed by atoms with Crippen LogP contribution in [0.4, 0.5) is 15.8 Å². The van der Waals surface area contributed by atoms with Gasteiger partial charge in [-0.25, -0.2) is 4.39 Å². The second-order valence-corrected chi connectivity index (χ2v) is 9.22. The quantitative estimate of drug-likeness (QED) is 0.212. The molecule has 0 unspecified atom stereocenters. The van der Waals surface area contributed by atoms with Crippen LogP contribution in [0.25, 0.3) is 10.9 Å². The number of azo groups is 1. The summed E-state index contributed by atoms with van der Waals surface area (Å²) in [7, 11) is 0. The third-order valence-electron chi connectivity index (χ3n) is 5.41. The number of hydrogen-bond donors (Lipinski definition) is 2. The molecule has 0 bridgehead atoms. The number of benzene rings is 3. The van der Waals surface area contributed by atoms with Crippen molar-refractivity contribution in [3.8, 4) is 5.88 Å². The van der Waals surface area contributed by atoms with Gasteiger partial charge in [0.1, 0.15) is 5.82 Å². The Hall–Kier alpha value is -3.10. The van der Waals surface area contributed by atoms with E-state index in [1.54, 1.807) is 22.8 Å². The number of aryl methyl sites for hydroxylation is 3. The first-order chi connectivity index (χ1) is 15.7.